The van der Waals surface area contributed by atoms with Crippen LogP contribution < -0.4 is 30.8 Å². The second-order valence-electron chi connectivity index (χ2n) is 17.6. The van der Waals surface area contributed by atoms with Crippen molar-refractivity contribution in [3.8, 4) is 34.1 Å². The molecule has 0 saturated heterocycles. The van der Waals surface area contributed by atoms with Gasteiger partial charge in [-0.05, 0) is 135 Å². The van der Waals surface area contributed by atoms with Gasteiger partial charge in [-0.25, -0.2) is 0 Å². The van der Waals surface area contributed by atoms with E-state index in [0.717, 1.165) is 51.9 Å². The van der Waals surface area contributed by atoms with Gasteiger partial charge in [0, 0.05) is 33.4 Å². The SMILES string of the molecule is CC1CC2=C(C2)C(C)(c2cc3c4c(c2)Oc2cc5c(cc2B4c2ccccc2O3)C(C)(C)c2c-5ccc3cc(N(c4ccccc4)c4ccccc4)ccc23)C1. The minimum Gasteiger partial charge on any atom is -0.458 e. The predicted molar refractivity (Wildman–Crippen MR) is 231 cm³/mol. The minimum atomic E-state index is -0.223. The summed E-state index contributed by atoms with van der Waals surface area (Å²) in [6, 6.07) is 51.1. The summed E-state index contributed by atoms with van der Waals surface area (Å²) in [7, 11) is 0. The van der Waals surface area contributed by atoms with Crippen molar-refractivity contribution in [3.63, 3.8) is 0 Å². The van der Waals surface area contributed by atoms with Gasteiger partial charge in [0.05, 0.1) is 0 Å². The lowest BCUT2D eigenvalue weighted by molar-refractivity contribution is 0.389. The van der Waals surface area contributed by atoms with Crippen LogP contribution in [0.5, 0.6) is 23.0 Å². The summed E-state index contributed by atoms with van der Waals surface area (Å²) >= 11 is 0. The van der Waals surface area contributed by atoms with Gasteiger partial charge in [-0.2, -0.15) is 0 Å². The summed E-state index contributed by atoms with van der Waals surface area (Å²) in [5.74, 6) is 4.45. The summed E-state index contributed by atoms with van der Waals surface area (Å²) in [5.41, 5.74) is 16.7. The molecule has 4 heteroatoms. The van der Waals surface area contributed by atoms with Crippen LogP contribution in [-0.4, -0.2) is 6.71 Å². The van der Waals surface area contributed by atoms with E-state index in [9.17, 15) is 0 Å². The first-order valence-corrected chi connectivity index (χ1v) is 20.3. The number of allylic oxidation sites excluding steroid dienone is 2. The molecule has 2 heterocycles. The van der Waals surface area contributed by atoms with E-state index in [1.165, 1.54) is 62.4 Å². The third-order valence-electron chi connectivity index (χ3n) is 13.7. The van der Waals surface area contributed by atoms with Crippen molar-refractivity contribution in [2.24, 2.45) is 5.92 Å². The molecule has 0 amide bonds. The Morgan fingerprint density at radius 3 is 2.07 bits per heavy atom. The van der Waals surface area contributed by atoms with Crippen molar-refractivity contribution in [2.45, 2.75) is 57.8 Å². The average Bonchev–Trinajstić information content (AvgIpc) is 3.97. The quantitative estimate of drug-likeness (QED) is 0.133. The Morgan fingerprint density at radius 2 is 1.32 bits per heavy atom. The fourth-order valence-corrected chi connectivity index (χ4v) is 11.2. The van der Waals surface area contributed by atoms with Gasteiger partial charge in [0.25, 0.3) is 6.71 Å². The molecule has 0 saturated carbocycles. The molecule has 56 heavy (non-hydrogen) atoms. The van der Waals surface area contributed by atoms with Crippen molar-refractivity contribution in [3.05, 3.63) is 167 Å². The number of nitrogens with zero attached hydrogens (tertiary/aromatic N) is 1. The number of hydrogen-bond donors (Lipinski definition) is 0. The molecule has 2 aliphatic heterocycles. The third kappa shape index (κ3) is 4.47. The van der Waals surface area contributed by atoms with Crippen LogP contribution in [0.2, 0.25) is 0 Å². The maximum absolute atomic E-state index is 7.11. The second kappa shape index (κ2) is 11.3. The number of rotatable bonds is 4. The molecule has 0 radical (unpaired) electrons. The maximum atomic E-state index is 7.11. The molecule has 2 atom stereocenters. The van der Waals surface area contributed by atoms with E-state index in [1.54, 1.807) is 11.1 Å². The van der Waals surface area contributed by atoms with Gasteiger partial charge < -0.3 is 14.4 Å². The zero-order valence-corrected chi connectivity index (χ0v) is 32.3. The predicted octanol–water partition coefficient (Wildman–Crippen LogP) is 11.7. The Labute approximate surface area is 329 Å². The average molecular weight is 724 g/mol. The van der Waals surface area contributed by atoms with Gasteiger partial charge in [0.15, 0.2) is 0 Å². The molecule has 7 aromatic rings. The van der Waals surface area contributed by atoms with Crippen LogP contribution in [0, 0.1) is 5.92 Å². The zero-order chi connectivity index (χ0) is 37.5. The lowest BCUT2D eigenvalue weighted by Gasteiger charge is -2.38. The third-order valence-corrected chi connectivity index (χ3v) is 13.7. The van der Waals surface area contributed by atoms with Crippen molar-refractivity contribution in [1.29, 1.82) is 0 Å². The fraction of sp³-hybridized carbons (Fsp3) is 0.192. The van der Waals surface area contributed by atoms with E-state index in [4.69, 9.17) is 9.47 Å². The number of para-hydroxylation sites is 3. The lowest BCUT2D eigenvalue weighted by atomic mass is 9.34. The van der Waals surface area contributed by atoms with Crippen LogP contribution in [0.1, 0.15) is 63.6 Å². The number of ether oxygens (including phenoxy) is 2. The minimum absolute atomic E-state index is 0.0129. The molecular weight excluding hydrogens is 681 g/mol. The molecule has 270 valence electrons. The number of benzene rings is 7. The molecular formula is C52H42BNO2. The molecule has 3 aliphatic carbocycles. The molecule has 0 fully saturated rings. The van der Waals surface area contributed by atoms with E-state index in [0.29, 0.717) is 5.92 Å². The summed E-state index contributed by atoms with van der Waals surface area (Å²) in [5, 5.41) is 2.53. The first-order valence-electron chi connectivity index (χ1n) is 20.3. The van der Waals surface area contributed by atoms with Crippen molar-refractivity contribution >= 4 is 50.9 Å². The van der Waals surface area contributed by atoms with Crippen LogP contribution >= 0.6 is 0 Å². The highest BCUT2D eigenvalue weighted by Crippen LogP contribution is 2.58. The molecule has 0 N–H and O–H groups in total. The van der Waals surface area contributed by atoms with E-state index >= 15 is 0 Å². The van der Waals surface area contributed by atoms with Crippen LogP contribution in [0.4, 0.5) is 17.1 Å². The van der Waals surface area contributed by atoms with E-state index in [2.05, 4.69) is 172 Å². The highest BCUT2D eigenvalue weighted by atomic mass is 16.5. The van der Waals surface area contributed by atoms with E-state index in [1.807, 2.05) is 0 Å². The molecule has 0 spiro atoms. The van der Waals surface area contributed by atoms with Crippen molar-refractivity contribution in [1.82, 2.24) is 0 Å². The smallest absolute Gasteiger partial charge is 0.260 e. The Morgan fingerprint density at radius 1 is 0.625 bits per heavy atom. The summed E-state index contributed by atoms with van der Waals surface area (Å²) in [6.07, 6.45) is 3.59. The van der Waals surface area contributed by atoms with Crippen LogP contribution in [0.25, 0.3) is 21.9 Å². The summed E-state index contributed by atoms with van der Waals surface area (Å²) in [4.78, 5) is 2.34. The second-order valence-corrected chi connectivity index (χ2v) is 17.6. The Balaban J connectivity index is 1.01. The Hall–Kier alpha value is -6.00. The summed E-state index contributed by atoms with van der Waals surface area (Å²) < 4.78 is 13.9. The van der Waals surface area contributed by atoms with Gasteiger partial charge in [-0.1, -0.05) is 118 Å². The Bertz CT molecular complexity index is 2820. The zero-order valence-electron chi connectivity index (χ0n) is 32.3. The van der Waals surface area contributed by atoms with Gasteiger partial charge in [0.1, 0.15) is 23.0 Å². The summed E-state index contributed by atoms with van der Waals surface area (Å²) in [6.45, 7) is 9.69. The number of fused-ring (bicyclic) bond motifs is 9. The number of hydrogen-bond acceptors (Lipinski definition) is 3. The van der Waals surface area contributed by atoms with Gasteiger partial charge in [-0.15, -0.1) is 0 Å². The van der Waals surface area contributed by atoms with Crippen LogP contribution in [0.3, 0.4) is 0 Å². The van der Waals surface area contributed by atoms with Gasteiger partial charge >= 0.3 is 0 Å². The van der Waals surface area contributed by atoms with E-state index in [-0.39, 0.29) is 17.5 Å². The lowest BCUT2D eigenvalue weighted by Crippen LogP contribution is -2.57. The van der Waals surface area contributed by atoms with Gasteiger partial charge in [-0.3, -0.25) is 0 Å². The van der Waals surface area contributed by atoms with Crippen LogP contribution in [-0.2, 0) is 10.8 Å². The highest BCUT2D eigenvalue weighted by molar-refractivity contribution is 6.98. The Kier molecular flexibility index (Phi) is 6.51. The van der Waals surface area contributed by atoms with Crippen LogP contribution in [0.15, 0.2) is 151 Å². The van der Waals surface area contributed by atoms with Crippen molar-refractivity contribution < 1.29 is 9.47 Å². The topological polar surface area (TPSA) is 21.7 Å². The van der Waals surface area contributed by atoms with E-state index < -0.39 is 0 Å². The molecule has 3 nitrogen and oxygen atoms in total. The molecule has 2 unspecified atom stereocenters. The van der Waals surface area contributed by atoms with Gasteiger partial charge in [0.2, 0.25) is 0 Å². The normalized spacial score (nSPS) is 20.1. The molecule has 5 aliphatic rings. The monoisotopic (exact) mass is 723 g/mol. The first kappa shape index (κ1) is 32.3. The first-order chi connectivity index (χ1) is 27.3. The molecule has 12 rings (SSSR count). The largest absolute Gasteiger partial charge is 0.458 e. The molecule has 7 aromatic carbocycles. The van der Waals surface area contributed by atoms with Crippen molar-refractivity contribution in [2.75, 3.05) is 4.90 Å². The highest BCUT2D eigenvalue weighted by Gasteiger charge is 2.48. The standard InChI is InChI=1S/C52H42BNO2/c1-31-23-33-25-41(33)52(4,30-31)34-26-47-50-48(27-34)56-46-28-40-39-21-19-32-24-37(54(35-13-7-5-8-14-35)36-15-9-6-10-16-36)20-22-38(32)49(39)51(2,3)42(40)29-44(46)53(50)43-17-11-12-18-45(43)55-47/h5-22,24,26-29,31H,23,25,30H2,1-4H3. The molecule has 0 bridgehead atoms. The fourth-order valence-electron chi connectivity index (χ4n) is 11.2. The molecule has 0 aromatic heterocycles. The number of anilines is 3. The maximum Gasteiger partial charge on any atom is 0.260 e.